The second-order valence-corrected chi connectivity index (χ2v) is 5.27. The van der Waals surface area contributed by atoms with Gasteiger partial charge < -0.3 is 5.11 Å². The first kappa shape index (κ1) is 17.0. The van der Waals surface area contributed by atoms with Crippen molar-refractivity contribution in [3.63, 3.8) is 0 Å². The molecule has 2 heterocycles. The normalized spacial score (nSPS) is 13.9. The molecule has 23 heavy (non-hydrogen) atoms. The van der Waals surface area contributed by atoms with Crippen molar-refractivity contribution in [3.8, 4) is 0 Å². The van der Waals surface area contributed by atoms with Gasteiger partial charge in [-0.1, -0.05) is 12.1 Å². The molecule has 2 rings (SSSR count). The third-order valence-electron chi connectivity index (χ3n) is 3.42. The summed E-state index contributed by atoms with van der Waals surface area (Å²) in [4.78, 5) is 17.3. The molecule has 0 aromatic carbocycles. The lowest BCUT2D eigenvalue weighted by molar-refractivity contribution is 0.176. The molecule has 0 spiro atoms. The summed E-state index contributed by atoms with van der Waals surface area (Å²) in [6.45, 7) is 4.75. The summed E-state index contributed by atoms with van der Waals surface area (Å²) >= 11 is 0. The van der Waals surface area contributed by atoms with Gasteiger partial charge in [-0.05, 0) is 44.5 Å². The number of hydrogen-bond acceptors (Lipinski definition) is 5. The SMILES string of the molecule is CC(=NCCC(O)CN=C(C)c1ccccn1)c1ccccn1. The zero-order valence-electron chi connectivity index (χ0n) is 13.6. The number of aliphatic hydroxyl groups is 1. The Hall–Kier alpha value is -2.40. The lowest BCUT2D eigenvalue weighted by atomic mass is 10.2. The summed E-state index contributed by atoms with van der Waals surface area (Å²) in [6.07, 6.45) is 3.55. The predicted molar refractivity (Wildman–Crippen MR) is 93.3 cm³/mol. The maximum atomic E-state index is 10.0. The van der Waals surface area contributed by atoms with Crippen LogP contribution in [0.25, 0.3) is 0 Å². The largest absolute Gasteiger partial charge is 0.391 e. The Kier molecular flexibility index (Phi) is 6.56. The maximum Gasteiger partial charge on any atom is 0.0837 e. The minimum Gasteiger partial charge on any atom is -0.391 e. The first-order valence-corrected chi connectivity index (χ1v) is 7.70. The highest BCUT2D eigenvalue weighted by Gasteiger charge is 2.04. The first-order chi connectivity index (χ1) is 11.2. The van der Waals surface area contributed by atoms with Gasteiger partial charge >= 0.3 is 0 Å². The molecule has 2 aromatic heterocycles. The van der Waals surface area contributed by atoms with Crippen LogP contribution in [0, 0.1) is 0 Å². The van der Waals surface area contributed by atoms with Crippen LogP contribution in [-0.2, 0) is 0 Å². The van der Waals surface area contributed by atoms with Gasteiger partial charge in [0, 0.05) is 18.9 Å². The number of aliphatic imine (C=N–C) groups is 2. The van der Waals surface area contributed by atoms with Gasteiger partial charge in [-0.3, -0.25) is 20.0 Å². The van der Waals surface area contributed by atoms with Crippen molar-refractivity contribution < 1.29 is 5.11 Å². The number of nitrogens with zero attached hydrogens (tertiary/aromatic N) is 4. The molecule has 0 saturated carbocycles. The third-order valence-corrected chi connectivity index (χ3v) is 3.42. The standard InChI is InChI=1S/C18H22N4O/c1-14(17-7-3-5-10-20-17)19-12-9-16(23)13-22-15(2)18-8-4-6-11-21-18/h3-8,10-11,16,23H,9,12-13H2,1-2H3. The molecule has 0 aliphatic heterocycles. The number of pyridine rings is 2. The van der Waals surface area contributed by atoms with Gasteiger partial charge in [-0.2, -0.15) is 0 Å². The molecule has 1 unspecified atom stereocenters. The van der Waals surface area contributed by atoms with E-state index < -0.39 is 6.10 Å². The minimum absolute atomic E-state index is 0.362. The molecule has 0 aliphatic rings. The predicted octanol–water partition coefficient (Wildman–Crippen LogP) is 2.55. The number of rotatable bonds is 7. The van der Waals surface area contributed by atoms with Crippen LogP contribution < -0.4 is 0 Å². The van der Waals surface area contributed by atoms with Crippen LogP contribution in [0.15, 0.2) is 58.8 Å². The molecule has 0 fully saturated rings. The smallest absolute Gasteiger partial charge is 0.0837 e. The monoisotopic (exact) mass is 310 g/mol. The third kappa shape index (κ3) is 5.71. The Morgan fingerprint density at radius 2 is 1.52 bits per heavy atom. The highest BCUT2D eigenvalue weighted by molar-refractivity contribution is 5.97. The van der Waals surface area contributed by atoms with Gasteiger partial charge in [0.25, 0.3) is 0 Å². The second-order valence-electron chi connectivity index (χ2n) is 5.27. The van der Waals surface area contributed by atoms with Gasteiger partial charge in [0.1, 0.15) is 0 Å². The first-order valence-electron chi connectivity index (χ1n) is 7.70. The van der Waals surface area contributed by atoms with E-state index in [2.05, 4.69) is 20.0 Å². The summed E-state index contributed by atoms with van der Waals surface area (Å²) < 4.78 is 0. The van der Waals surface area contributed by atoms with Crippen molar-refractivity contribution in [3.05, 3.63) is 60.2 Å². The van der Waals surface area contributed by atoms with Crippen molar-refractivity contribution in [2.75, 3.05) is 13.1 Å². The Labute approximate surface area is 136 Å². The molecule has 1 atom stereocenters. The molecule has 0 saturated heterocycles. The van der Waals surface area contributed by atoms with Crippen molar-refractivity contribution in [2.24, 2.45) is 9.98 Å². The average molecular weight is 310 g/mol. The molecule has 1 N–H and O–H groups in total. The highest BCUT2D eigenvalue weighted by Crippen LogP contribution is 2.01. The van der Waals surface area contributed by atoms with Crippen LogP contribution in [0.1, 0.15) is 31.7 Å². The van der Waals surface area contributed by atoms with Crippen LogP contribution >= 0.6 is 0 Å². The van der Waals surface area contributed by atoms with E-state index in [1.165, 1.54) is 0 Å². The summed E-state index contributed by atoms with van der Waals surface area (Å²) in [5.74, 6) is 0. The van der Waals surface area contributed by atoms with Crippen molar-refractivity contribution >= 4 is 11.4 Å². The van der Waals surface area contributed by atoms with Gasteiger partial charge in [-0.25, -0.2) is 0 Å². The molecule has 120 valence electrons. The lowest BCUT2D eigenvalue weighted by Crippen LogP contribution is -2.14. The molecule has 0 radical (unpaired) electrons. The van der Waals surface area contributed by atoms with Gasteiger partial charge in [0.2, 0.25) is 0 Å². The van der Waals surface area contributed by atoms with Gasteiger partial charge in [0.15, 0.2) is 0 Å². The van der Waals surface area contributed by atoms with E-state index in [-0.39, 0.29) is 0 Å². The van der Waals surface area contributed by atoms with E-state index in [1.54, 1.807) is 12.4 Å². The zero-order valence-corrected chi connectivity index (χ0v) is 13.6. The van der Waals surface area contributed by atoms with Crippen LogP contribution in [0.4, 0.5) is 0 Å². The van der Waals surface area contributed by atoms with E-state index in [4.69, 9.17) is 0 Å². The van der Waals surface area contributed by atoms with Gasteiger partial charge in [0.05, 0.1) is 35.5 Å². The fraction of sp³-hybridized carbons (Fsp3) is 0.333. The molecule has 2 aromatic rings. The van der Waals surface area contributed by atoms with Crippen LogP contribution in [-0.4, -0.2) is 45.7 Å². The molecule has 0 bridgehead atoms. The molecule has 0 aliphatic carbocycles. The van der Waals surface area contributed by atoms with Crippen molar-refractivity contribution in [1.82, 2.24) is 9.97 Å². The fourth-order valence-corrected chi connectivity index (χ4v) is 2.03. The average Bonchev–Trinajstić information content (AvgIpc) is 2.61. The van der Waals surface area contributed by atoms with E-state index >= 15 is 0 Å². The Morgan fingerprint density at radius 3 is 2.04 bits per heavy atom. The van der Waals surface area contributed by atoms with E-state index in [0.29, 0.717) is 19.5 Å². The van der Waals surface area contributed by atoms with Crippen LogP contribution in [0.2, 0.25) is 0 Å². The zero-order chi connectivity index (χ0) is 16.5. The minimum atomic E-state index is -0.506. The fourth-order valence-electron chi connectivity index (χ4n) is 2.03. The summed E-state index contributed by atoms with van der Waals surface area (Å²) in [6, 6.07) is 11.4. The topological polar surface area (TPSA) is 70.7 Å². The Balaban J connectivity index is 1.80. The molecular formula is C18H22N4O. The number of aliphatic hydroxyl groups excluding tert-OH is 1. The highest BCUT2D eigenvalue weighted by atomic mass is 16.3. The Morgan fingerprint density at radius 1 is 0.957 bits per heavy atom. The molecule has 5 nitrogen and oxygen atoms in total. The van der Waals surface area contributed by atoms with Gasteiger partial charge in [-0.15, -0.1) is 0 Å². The van der Waals surface area contributed by atoms with Crippen molar-refractivity contribution in [1.29, 1.82) is 0 Å². The van der Waals surface area contributed by atoms with Crippen LogP contribution in [0.5, 0.6) is 0 Å². The Bertz CT molecular complexity index is 653. The number of aromatic nitrogens is 2. The molecular weight excluding hydrogens is 288 g/mol. The summed E-state index contributed by atoms with van der Waals surface area (Å²) in [5.41, 5.74) is 3.42. The summed E-state index contributed by atoms with van der Waals surface area (Å²) in [7, 11) is 0. The number of hydrogen-bond donors (Lipinski definition) is 1. The second kappa shape index (κ2) is 8.90. The van der Waals surface area contributed by atoms with E-state index in [0.717, 1.165) is 22.8 Å². The van der Waals surface area contributed by atoms with Crippen LogP contribution in [0.3, 0.4) is 0 Å². The maximum absolute atomic E-state index is 10.0. The molecule has 0 amide bonds. The lowest BCUT2D eigenvalue weighted by Gasteiger charge is -2.07. The quantitative estimate of drug-likeness (QED) is 0.799. The molecule has 5 heteroatoms. The van der Waals surface area contributed by atoms with E-state index in [9.17, 15) is 5.11 Å². The van der Waals surface area contributed by atoms with E-state index in [1.807, 2.05) is 50.2 Å². The summed E-state index contributed by atoms with van der Waals surface area (Å²) in [5, 5.41) is 10.0. The van der Waals surface area contributed by atoms with Crippen molar-refractivity contribution in [2.45, 2.75) is 26.4 Å².